The third-order valence-corrected chi connectivity index (χ3v) is 4.06. The van der Waals surface area contributed by atoms with Gasteiger partial charge in [0.15, 0.2) is 0 Å². The highest BCUT2D eigenvalue weighted by Crippen LogP contribution is 2.21. The van der Waals surface area contributed by atoms with Crippen LogP contribution in [0, 0.1) is 10.1 Å². The number of para-hydroxylation sites is 1. The molecule has 0 saturated carbocycles. The van der Waals surface area contributed by atoms with E-state index in [1.165, 1.54) is 12.1 Å². The van der Waals surface area contributed by atoms with Gasteiger partial charge in [-0.25, -0.2) is 0 Å². The Bertz CT molecular complexity index is 447. The number of rotatable bonds is 8. The van der Waals surface area contributed by atoms with E-state index in [9.17, 15) is 14.3 Å². The van der Waals surface area contributed by atoms with Crippen molar-refractivity contribution in [2.45, 2.75) is 17.9 Å². The van der Waals surface area contributed by atoms with Gasteiger partial charge in [0.25, 0.3) is 5.69 Å². The molecule has 2 atom stereocenters. The van der Waals surface area contributed by atoms with Gasteiger partial charge in [0.1, 0.15) is 4.90 Å². The molecule has 106 valence electrons. The number of methoxy groups -OCH3 is 1. The monoisotopic (exact) mass is 286 g/mol. The molecule has 0 saturated heterocycles. The molecular formula is C12H18N2O4S. The Morgan fingerprint density at radius 3 is 2.74 bits per heavy atom. The first-order valence-corrected chi connectivity index (χ1v) is 7.26. The maximum atomic E-state index is 12.2. The lowest BCUT2D eigenvalue weighted by molar-refractivity contribution is -0.387. The third-order valence-electron chi connectivity index (χ3n) is 2.52. The molecule has 0 aliphatic carbocycles. The summed E-state index contributed by atoms with van der Waals surface area (Å²) in [4.78, 5) is 10.6. The van der Waals surface area contributed by atoms with Crippen LogP contribution in [0.25, 0.3) is 0 Å². The van der Waals surface area contributed by atoms with Crippen molar-refractivity contribution in [1.82, 2.24) is 5.32 Å². The van der Waals surface area contributed by atoms with Gasteiger partial charge < -0.3 is 10.1 Å². The van der Waals surface area contributed by atoms with E-state index in [-0.39, 0.29) is 22.4 Å². The van der Waals surface area contributed by atoms with E-state index < -0.39 is 15.7 Å². The van der Waals surface area contributed by atoms with E-state index in [1.54, 1.807) is 19.2 Å². The standard InChI is InChI=1S/C12H18N2O4S/c1-3-13-10(8-18-2)9-19(17)12-7-5-4-6-11(12)14(15)16/h4-7,10,13H,3,8-9H2,1-2H3. The zero-order valence-corrected chi connectivity index (χ0v) is 11.8. The van der Waals surface area contributed by atoms with E-state index in [2.05, 4.69) is 5.32 Å². The van der Waals surface area contributed by atoms with E-state index in [0.29, 0.717) is 6.61 Å². The summed E-state index contributed by atoms with van der Waals surface area (Å²) in [5.74, 6) is 0.284. The van der Waals surface area contributed by atoms with Crippen LogP contribution in [0.4, 0.5) is 5.69 Å². The number of nitro benzene ring substituents is 1. The minimum Gasteiger partial charge on any atom is -0.383 e. The van der Waals surface area contributed by atoms with Gasteiger partial charge >= 0.3 is 0 Å². The minimum atomic E-state index is -1.43. The molecule has 7 heteroatoms. The average Bonchev–Trinajstić information content (AvgIpc) is 2.39. The van der Waals surface area contributed by atoms with Crippen LogP contribution in [-0.4, -0.2) is 41.2 Å². The highest BCUT2D eigenvalue weighted by molar-refractivity contribution is 7.85. The molecule has 1 N–H and O–H groups in total. The predicted octanol–water partition coefficient (Wildman–Crippen LogP) is 1.33. The van der Waals surface area contributed by atoms with Crippen LogP contribution in [0.2, 0.25) is 0 Å². The Labute approximate surface area is 114 Å². The molecule has 0 bridgehead atoms. The number of nitro groups is 1. The molecule has 0 amide bonds. The van der Waals surface area contributed by atoms with Crippen LogP contribution in [0.5, 0.6) is 0 Å². The summed E-state index contributed by atoms with van der Waals surface area (Å²) in [6.45, 7) is 3.08. The Kier molecular flexibility index (Phi) is 6.61. The number of nitrogens with zero attached hydrogens (tertiary/aromatic N) is 1. The van der Waals surface area contributed by atoms with Crippen molar-refractivity contribution < 1.29 is 13.9 Å². The molecule has 0 fully saturated rings. The van der Waals surface area contributed by atoms with Crippen LogP contribution >= 0.6 is 0 Å². The second kappa shape index (κ2) is 7.98. The molecule has 19 heavy (non-hydrogen) atoms. The second-order valence-corrected chi connectivity index (χ2v) is 5.41. The molecule has 1 aromatic carbocycles. The molecule has 0 aliphatic heterocycles. The molecule has 0 spiro atoms. The lowest BCUT2D eigenvalue weighted by Gasteiger charge is -2.16. The van der Waals surface area contributed by atoms with Gasteiger partial charge in [0.2, 0.25) is 0 Å². The van der Waals surface area contributed by atoms with Crippen molar-refractivity contribution >= 4 is 16.5 Å². The lowest BCUT2D eigenvalue weighted by Crippen LogP contribution is -2.37. The topological polar surface area (TPSA) is 81.5 Å². The van der Waals surface area contributed by atoms with E-state index in [0.717, 1.165) is 6.54 Å². The molecule has 0 aliphatic rings. The quantitative estimate of drug-likeness (QED) is 0.576. The first-order valence-electron chi connectivity index (χ1n) is 5.94. The minimum absolute atomic E-state index is 0.0874. The number of nitrogens with one attached hydrogen (secondary N) is 1. The van der Waals surface area contributed by atoms with Crippen molar-refractivity contribution in [1.29, 1.82) is 0 Å². The number of ether oxygens (including phenoxy) is 1. The Morgan fingerprint density at radius 1 is 1.47 bits per heavy atom. The van der Waals surface area contributed by atoms with Crippen LogP contribution in [0.15, 0.2) is 29.2 Å². The summed E-state index contributed by atoms with van der Waals surface area (Å²) in [5.41, 5.74) is -0.103. The summed E-state index contributed by atoms with van der Waals surface area (Å²) in [6, 6.07) is 6.03. The van der Waals surface area contributed by atoms with Crippen LogP contribution in [-0.2, 0) is 15.5 Å². The third kappa shape index (κ3) is 4.70. The maximum absolute atomic E-state index is 12.2. The smallest absolute Gasteiger partial charge is 0.285 e. The summed E-state index contributed by atoms with van der Waals surface area (Å²) >= 11 is 0. The number of hydrogen-bond donors (Lipinski definition) is 1. The zero-order chi connectivity index (χ0) is 14.3. The second-order valence-electron chi connectivity index (χ2n) is 3.95. The predicted molar refractivity (Wildman–Crippen MR) is 73.7 cm³/mol. The summed E-state index contributed by atoms with van der Waals surface area (Å²) < 4.78 is 17.3. The fraction of sp³-hybridized carbons (Fsp3) is 0.500. The number of likely N-dealkylation sites (N-methyl/N-ethyl adjacent to an activating group) is 1. The highest BCUT2D eigenvalue weighted by atomic mass is 32.2. The van der Waals surface area contributed by atoms with E-state index >= 15 is 0 Å². The molecule has 0 radical (unpaired) electrons. The van der Waals surface area contributed by atoms with Gasteiger partial charge in [-0.1, -0.05) is 19.1 Å². The van der Waals surface area contributed by atoms with Crippen LogP contribution in [0.3, 0.4) is 0 Å². The van der Waals surface area contributed by atoms with Crippen molar-refractivity contribution in [2.75, 3.05) is 26.0 Å². The number of benzene rings is 1. The normalized spacial score (nSPS) is 14.0. The molecule has 1 aromatic rings. The fourth-order valence-electron chi connectivity index (χ4n) is 1.73. The van der Waals surface area contributed by atoms with Gasteiger partial charge in [0, 0.05) is 25.0 Å². The average molecular weight is 286 g/mol. The molecule has 2 unspecified atom stereocenters. The van der Waals surface area contributed by atoms with Crippen LogP contribution in [0.1, 0.15) is 6.92 Å². The Morgan fingerprint density at radius 2 is 2.16 bits per heavy atom. The first kappa shape index (κ1) is 15.7. The van der Waals surface area contributed by atoms with Gasteiger partial charge in [-0.3, -0.25) is 14.3 Å². The highest BCUT2D eigenvalue weighted by Gasteiger charge is 2.20. The Balaban J connectivity index is 2.85. The number of hydrogen-bond acceptors (Lipinski definition) is 5. The fourth-order valence-corrected chi connectivity index (χ4v) is 3.09. The van der Waals surface area contributed by atoms with Gasteiger partial charge in [-0.2, -0.15) is 0 Å². The van der Waals surface area contributed by atoms with Crippen molar-refractivity contribution in [3.05, 3.63) is 34.4 Å². The maximum Gasteiger partial charge on any atom is 0.285 e. The van der Waals surface area contributed by atoms with Crippen molar-refractivity contribution in [3.63, 3.8) is 0 Å². The molecule has 6 nitrogen and oxygen atoms in total. The van der Waals surface area contributed by atoms with Crippen molar-refractivity contribution in [2.24, 2.45) is 0 Å². The molecular weight excluding hydrogens is 268 g/mol. The zero-order valence-electron chi connectivity index (χ0n) is 11.0. The lowest BCUT2D eigenvalue weighted by atomic mass is 10.3. The summed E-state index contributed by atoms with van der Waals surface area (Å²) in [7, 11) is 0.135. The van der Waals surface area contributed by atoms with Gasteiger partial charge in [-0.15, -0.1) is 0 Å². The first-order chi connectivity index (χ1) is 9.10. The Hall–Kier alpha value is -1.31. The van der Waals surface area contributed by atoms with Gasteiger partial charge in [0.05, 0.1) is 22.3 Å². The largest absolute Gasteiger partial charge is 0.383 e. The summed E-state index contributed by atoms with van der Waals surface area (Å²) in [5, 5.41) is 14.0. The van der Waals surface area contributed by atoms with Crippen LogP contribution < -0.4 is 5.32 Å². The molecule has 0 heterocycles. The van der Waals surface area contributed by atoms with E-state index in [1.807, 2.05) is 6.92 Å². The molecule has 1 rings (SSSR count). The SMILES string of the molecule is CCNC(COC)CS(=O)c1ccccc1[N+](=O)[O-]. The molecule has 0 aromatic heterocycles. The van der Waals surface area contributed by atoms with E-state index in [4.69, 9.17) is 4.74 Å². The summed E-state index contributed by atoms with van der Waals surface area (Å²) in [6.07, 6.45) is 0. The van der Waals surface area contributed by atoms with Crippen molar-refractivity contribution in [3.8, 4) is 0 Å². The van der Waals surface area contributed by atoms with Gasteiger partial charge in [-0.05, 0) is 12.6 Å².